The van der Waals surface area contributed by atoms with Gasteiger partial charge in [-0.1, -0.05) is 12.1 Å². The fourth-order valence-corrected chi connectivity index (χ4v) is 2.22. The second kappa shape index (κ2) is 5.50. The third-order valence-corrected chi connectivity index (χ3v) is 3.28. The van der Waals surface area contributed by atoms with E-state index in [2.05, 4.69) is 5.32 Å². The summed E-state index contributed by atoms with van der Waals surface area (Å²) in [5, 5.41) is 12.3. The molecule has 0 bridgehead atoms. The lowest BCUT2D eigenvalue weighted by Crippen LogP contribution is -2.32. The van der Waals surface area contributed by atoms with Crippen LogP contribution in [0.4, 0.5) is 5.69 Å². The minimum Gasteiger partial charge on any atom is -0.392 e. The van der Waals surface area contributed by atoms with Crippen LogP contribution in [0.15, 0.2) is 18.2 Å². The molecule has 4 nitrogen and oxygen atoms in total. The molecule has 1 aromatic carbocycles. The maximum atomic E-state index is 11.9. The average Bonchev–Trinajstić information content (AvgIpc) is 2.69. The SMILES string of the molecule is Cc1ccc(C)c(NC(=O)CN2CC[C@@H](O)C2)c1. The van der Waals surface area contributed by atoms with Gasteiger partial charge in [0.15, 0.2) is 0 Å². The van der Waals surface area contributed by atoms with Crippen molar-refractivity contribution in [1.82, 2.24) is 4.90 Å². The third kappa shape index (κ3) is 3.31. The number of aryl methyl sites for hydroxylation is 2. The first kappa shape index (κ1) is 13.1. The van der Waals surface area contributed by atoms with E-state index in [9.17, 15) is 9.90 Å². The number of carbonyl (C=O) groups excluding carboxylic acids is 1. The van der Waals surface area contributed by atoms with E-state index in [0.29, 0.717) is 13.1 Å². The van der Waals surface area contributed by atoms with E-state index >= 15 is 0 Å². The Morgan fingerprint density at radius 1 is 1.50 bits per heavy atom. The zero-order valence-corrected chi connectivity index (χ0v) is 10.9. The quantitative estimate of drug-likeness (QED) is 0.848. The number of aliphatic hydroxyl groups excluding tert-OH is 1. The maximum Gasteiger partial charge on any atom is 0.238 e. The molecule has 1 heterocycles. The van der Waals surface area contributed by atoms with Gasteiger partial charge in [0.2, 0.25) is 5.91 Å². The van der Waals surface area contributed by atoms with Gasteiger partial charge in [0.25, 0.3) is 0 Å². The lowest BCUT2D eigenvalue weighted by molar-refractivity contribution is -0.117. The summed E-state index contributed by atoms with van der Waals surface area (Å²) in [6.45, 7) is 5.73. The highest BCUT2D eigenvalue weighted by atomic mass is 16.3. The van der Waals surface area contributed by atoms with Gasteiger partial charge in [-0.25, -0.2) is 0 Å². The Balaban J connectivity index is 1.92. The molecule has 0 radical (unpaired) electrons. The standard InChI is InChI=1S/C14H20N2O2/c1-10-3-4-11(2)13(7-10)15-14(18)9-16-6-5-12(17)8-16/h3-4,7,12,17H,5-6,8-9H2,1-2H3,(H,15,18)/t12-/m1/s1. The molecule has 4 heteroatoms. The Hall–Kier alpha value is -1.39. The molecule has 0 spiro atoms. The summed E-state index contributed by atoms with van der Waals surface area (Å²) >= 11 is 0. The summed E-state index contributed by atoms with van der Waals surface area (Å²) in [5.74, 6) is -0.0159. The number of anilines is 1. The summed E-state index contributed by atoms with van der Waals surface area (Å²) in [7, 11) is 0. The molecule has 1 aromatic rings. The molecule has 0 unspecified atom stereocenters. The van der Waals surface area contributed by atoms with E-state index in [1.807, 2.05) is 36.9 Å². The van der Waals surface area contributed by atoms with Crippen LogP contribution in [0.3, 0.4) is 0 Å². The number of carbonyl (C=O) groups is 1. The second-order valence-corrected chi connectivity index (χ2v) is 5.04. The van der Waals surface area contributed by atoms with Crippen LogP contribution in [0, 0.1) is 13.8 Å². The lowest BCUT2D eigenvalue weighted by Gasteiger charge is -2.15. The van der Waals surface area contributed by atoms with Crippen molar-refractivity contribution in [1.29, 1.82) is 0 Å². The molecular weight excluding hydrogens is 228 g/mol. The lowest BCUT2D eigenvalue weighted by atomic mass is 10.1. The summed E-state index contributed by atoms with van der Waals surface area (Å²) in [4.78, 5) is 13.9. The van der Waals surface area contributed by atoms with Crippen molar-refractivity contribution in [2.24, 2.45) is 0 Å². The van der Waals surface area contributed by atoms with E-state index in [4.69, 9.17) is 0 Å². The molecule has 2 rings (SSSR count). The topological polar surface area (TPSA) is 52.6 Å². The Bertz CT molecular complexity index is 445. The second-order valence-electron chi connectivity index (χ2n) is 5.04. The molecule has 0 saturated carbocycles. The van der Waals surface area contributed by atoms with Crippen molar-refractivity contribution in [2.75, 3.05) is 25.0 Å². The van der Waals surface area contributed by atoms with Gasteiger partial charge in [-0.05, 0) is 37.5 Å². The summed E-state index contributed by atoms with van der Waals surface area (Å²) in [5.41, 5.74) is 3.07. The number of amides is 1. The molecule has 18 heavy (non-hydrogen) atoms. The molecule has 1 saturated heterocycles. The van der Waals surface area contributed by atoms with Crippen LogP contribution in [0.1, 0.15) is 17.5 Å². The predicted molar refractivity (Wildman–Crippen MR) is 71.6 cm³/mol. The molecule has 1 amide bonds. The van der Waals surface area contributed by atoms with Crippen molar-refractivity contribution in [3.05, 3.63) is 29.3 Å². The first-order valence-electron chi connectivity index (χ1n) is 6.32. The zero-order valence-electron chi connectivity index (χ0n) is 10.9. The van der Waals surface area contributed by atoms with Crippen LogP contribution in [0.5, 0.6) is 0 Å². The van der Waals surface area contributed by atoms with Gasteiger partial charge in [0, 0.05) is 18.8 Å². The number of aliphatic hydroxyl groups is 1. The molecule has 98 valence electrons. The van der Waals surface area contributed by atoms with Gasteiger partial charge in [0.1, 0.15) is 0 Å². The molecule has 0 aliphatic carbocycles. The zero-order chi connectivity index (χ0) is 13.1. The monoisotopic (exact) mass is 248 g/mol. The van der Waals surface area contributed by atoms with E-state index < -0.39 is 0 Å². The summed E-state index contributed by atoms with van der Waals surface area (Å²) in [6, 6.07) is 6.01. The van der Waals surface area contributed by atoms with Crippen LogP contribution in [0.25, 0.3) is 0 Å². The summed E-state index contributed by atoms with van der Waals surface area (Å²) in [6.07, 6.45) is 0.482. The number of nitrogens with zero attached hydrogens (tertiary/aromatic N) is 1. The molecule has 1 atom stereocenters. The minimum atomic E-state index is -0.279. The number of nitrogens with one attached hydrogen (secondary N) is 1. The first-order chi connectivity index (χ1) is 8.54. The minimum absolute atomic E-state index is 0.0159. The van der Waals surface area contributed by atoms with E-state index in [-0.39, 0.29) is 12.0 Å². The molecule has 1 aliphatic rings. The fourth-order valence-electron chi connectivity index (χ4n) is 2.22. The Morgan fingerprint density at radius 2 is 2.28 bits per heavy atom. The molecule has 0 aromatic heterocycles. The Labute approximate surface area is 108 Å². The molecule has 2 N–H and O–H groups in total. The van der Waals surface area contributed by atoms with E-state index in [1.54, 1.807) is 0 Å². The largest absolute Gasteiger partial charge is 0.392 e. The Kier molecular flexibility index (Phi) is 3.99. The predicted octanol–water partition coefficient (Wildman–Crippen LogP) is 1.31. The number of benzene rings is 1. The molecule has 1 aliphatic heterocycles. The van der Waals surface area contributed by atoms with Crippen LogP contribution < -0.4 is 5.32 Å². The molecule has 1 fully saturated rings. The third-order valence-electron chi connectivity index (χ3n) is 3.28. The van der Waals surface area contributed by atoms with Gasteiger partial charge in [-0.3, -0.25) is 9.69 Å². The number of hydrogen-bond acceptors (Lipinski definition) is 3. The van der Waals surface area contributed by atoms with Gasteiger partial charge in [0.05, 0.1) is 12.6 Å². The highest BCUT2D eigenvalue weighted by Gasteiger charge is 2.22. The number of hydrogen-bond donors (Lipinski definition) is 2. The van der Waals surface area contributed by atoms with Crippen molar-refractivity contribution >= 4 is 11.6 Å². The number of likely N-dealkylation sites (tertiary alicyclic amines) is 1. The molecular formula is C14H20N2O2. The van der Waals surface area contributed by atoms with Crippen molar-refractivity contribution in [3.63, 3.8) is 0 Å². The van der Waals surface area contributed by atoms with E-state index in [1.165, 1.54) is 0 Å². The average molecular weight is 248 g/mol. The number of rotatable bonds is 3. The van der Waals surface area contributed by atoms with Gasteiger partial charge < -0.3 is 10.4 Å². The Morgan fingerprint density at radius 3 is 2.94 bits per heavy atom. The highest BCUT2D eigenvalue weighted by Crippen LogP contribution is 2.16. The van der Waals surface area contributed by atoms with Crippen molar-refractivity contribution < 1.29 is 9.90 Å². The normalized spacial score (nSPS) is 20.1. The fraction of sp³-hybridized carbons (Fsp3) is 0.500. The summed E-state index contributed by atoms with van der Waals surface area (Å²) < 4.78 is 0. The van der Waals surface area contributed by atoms with Gasteiger partial charge in [-0.15, -0.1) is 0 Å². The van der Waals surface area contributed by atoms with Crippen LogP contribution in [-0.4, -0.2) is 41.7 Å². The smallest absolute Gasteiger partial charge is 0.238 e. The van der Waals surface area contributed by atoms with Crippen LogP contribution >= 0.6 is 0 Å². The van der Waals surface area contributed by atoms with Crippen LogP contribution in [0.2, 0.25) is 0 Å². The van der Waals surface area contributed by atoms with E-state index in [0.717, 1.165) is 29.8 Å². The van der Waals surface area contributed by atoms with Crippen molar-refractivity contribution in [3.8, 4) is 0 Å². The highest BCUT2D eigenvalue weighted by molar-refractivity contribution is 5.93. The van der Waals surface area contributed by atoms with Crippen LogP contribution in [-0.2, 0) is 4.79 Å². The maximum absolute atomic E-state index is 11.9. The number of β-amino-alcohol motifs (C(OH)–C–C–N with tert-alkyl or cyclic N) is 1. The first-order valence-corrected chi connectivity index (χ1v) is 6.32. The van der Waals surface area contributed by atoms with Gasteiger partial charge >= 0.3 is 0 Å². The van der Waals surface area contributed by atoms with Gasteiger partial charge in [-0.2, -0.15) is 0 Å². The van der Waals surface area contributed by atoms with Crippen molar-refractivity contribution in [2.45, 2.75) is 26.4 Å².